The number of para-hydroxylation sites is 1. The lowest BCUT2D eigenvalue weighted by Crippen LogP contribution is -2.49. The first-order valence-electron chi connectivity index (χ1n) is 11.5. The van der Waals surface area contributed by atoms with Gasteiger partial charge in [0.25, 0.3) is 16.1 Å². The molecule has 1 fully saturated rings. The number of carbonyl (C=O) groups is 1. The smallest absolute Gasteiger partial charge is 0.277 e. The van der Waals surface area contributed by atoms with Crippen molar-refractivity contribution >= 4 is 16.1 Å². The fraction of sp³-hybridized carbons (Fsp3) is 0.480. The minimum absolute atomic E-state index is 0.128. The zero-order chi connectivity index (χ0) is 23.9. The van der Waals surface area contributed by atoms with Crippen LogP contribution in [-0.2, 0) is 15.6 Å². The summed E-state index contributed by atoms with van der Waals surface area (Å²) in [5.74, 6) is 0.602. The van der Waals surface area contributed by atoms with E-state index < -0.39 is 10.2 Å². The van der Waals surface area contributed by atoms with E-state index in [-0.39, 0.29) is 23.3 Å². The third kappa shape index (κ3) is 6.79. The number of carbonyl (C=O) groups excluding carboxylic acids is 1. The first kappa shape index (κ1) is 25.2. The predicted octanol–water partition coefficient (Wildman–Crippen LogP) is 3.39. The van der Waals surface area contributed by atoms with Gasteiger partial charge in [-0.1, -0.05) is 56.3 Å². The Morgan fingerprint density at radius 3 is 2.33 bits per heavy atom. The standard InChI is InChI=1S/C25H35N3O4S/c1-19(2)17-27-33(30,31)28-21-13-15-25(16-14-21,20-9-5-4-6-10-20)18-26-24(29)22-11-7-8-12-23(22)32-3/h4-12,19,21,27-28H,13-18H2,1-3H3,(H,26,29). The maximum atomic E-state index is 12.9. The molecule has 0 aromatic heterocycles. The van der Waals surface area contributed by atoms with Crippen LogP contribution >= 0.6 is 0 Å². The molecule has 1 amide bonds. The molecule has 7 nitrogen and oxygen atoms in total. The SMILES string of the molecule is COc1ccccc1C(=O)NCC1(c2ccccc2)CCC(NS(=O)(=O)NCC(C)C)CC1. The van der Waals surface area contributed by atoms with Gasteiger partial charge in [-0.05, 0) is 49.3 Å². The largest absolute Gasteiger partial charge is 0.496 e. The first-order valence-corrected chi connectivity index (χ1v) is 13.0. The molecule has 0 spiro atoms. The summed E-state index contributed by atoms with van der Waals surface area (Å²) < 4.78 is 35.5. The number of hydrogen-bond donors (Lipinski definition) is 3. The van der Waals surface area contributed by atoms with Crippen LogP contribution in [0.5, 0.6) is 5.75 Å². The van der Waals surface area contributed by atoms with Crippen molar-refractivity contribution in [2.45, 2.75) is 51.0 Å². The Balaban J connectivity index is 1.70. The van der Waals surface area contributed by atoms with Gasteiger partial charge in [0.1, 0.15) is 5.75 Å². The van der Waals surface area contributed by atoms with E-state index in [4.69, 9.17) is 4.74 Å². The molecule has 1 aliphatic carbocycles. The Morgan fingerprint density at radius 1 is 1.06 bits per heavy atom. The fourth-order valence-electron chi connectivity index (χ4n) is 4.36. The number of ether oxygens (including phenoxy) is 1. The molecule has 3 N–H and O–H groups in total. The molecule has 2 aromatic carbocycles. The van der Waals surface area contributed by atoms with E-state index in [0.29, 0.717) is 37.2 Å². The van der Waals surface area contributed by atoms with Crippen molar-refractivity contribution in [1.82, 2.24) is 14.8 Å². The van der Waals surface area contributed by atoms with E-state index in [1.165, 1.54) is 0 Å². The molecule has 0 atom stereocenters. The molecule has 8 heteroatoms. The second-order valence-corrected chi connectivity index (χ2v) is 10.7. The Labute approximate surface area is 197 Å². The van der Waals surface area contributed by atoms with Gasteiger partial charge in [0.15, 0.2) is 0 Å². The molecule has 180 valence electrons. The normalized spacial score (nSPS) is 21.0. The monoisotopic (exact) mass is 473 g/mol. The maximum Gasteiger partial charge on any atom is 0.277 e. The predicted molar refractivity (Wildman–Crippen MR) is 131 cm³/mol. The third-order valence-electron chi connectivity index (χ3n) is 6.27. The molecule has 1 saturated carbocycles. The first-order chi connectivity index (χ1) is 15.7. The van der Waals surface area contributed by atoms with Crippen LogP contribution < -0.4 is 19.5 Å². The second kappa shape index (κ2) is 11.1. The average Bonchev–Trinajstić information content (AvgIpc) is 2.83. The molecule has 1 aliphatic rings. The number of hydrogen-bond acceptors (Lipinski definition) is 4. The van der Waals surface area contributed by atoms with E-state index in [0.717, 1.165) is 18.4 Å². The van der Waals surface area contributed by atoms with Crippen LogP contribution in [0.2, 0.25) is 0 Å². The van der Waals surface area contributed by atoms with Crippen LogP contribution in [0.1, 0.15) is 55.5 Å². The van der Waals surface area contributed by atoms with Gasteiger partial charge in [0, 0.05) is 24.5 Å². The Hall–Kier alpha value is -2.42. The number of benzene rings is 2. The van der Waals surface area contributed by atoms with Crippen molar-refractivity contribution in [3.05, 3.63) is 65.7 Å². The number of methoxy groups -OCH3 is 1. The van der Waals surface area contributed by atoms with E-state index in [9.17, 15) is 13.2 Å². The molecule has 0 unspecified atom stereocenters. The van der Waals surface area contributed by atoms with E-state index in [2.05, 4.69) is 26.9 Å². The summed E-state index contributed by atoms with van der Waals surface area (Å²) in [5, 5.41) is 3.11. The van der Waals surface area contributed by atoms with E-state index in [1.54, 1.807) is 19.2 Å². The van der Waals surface area contributed by atoms with Gasteiger partial charge in [0.2, 0.25) is 0 Å². The van der Waals surface area contributed by atoms with Crippen LogP contribution in [0, 0.1) is 5.92 Å². The Morgan fingerprint density at radius 2 is 1.70 bits per heavy atom. The molecule has 2 aromatic rings. The molecular formula is C25H35N3O4S. The van der Waals surface area contributed by atoms with Crippen LogP contribution in [0.4, 0.5) is 0 Å². The number of rotatable bonds is 10. The van der Waals surface area contributed by atoms with Crippen molar-refractivity contribution in [1.29, 1.82) is 0 Å². The Kier molecular flexibility index (Phi) is 8.51. The molecule has 0 radical (unpaired) electrons. The van der Waals surface area contributed by atoms with Crippen LogP contribution in [0.15, 0.2) is 54.6 Å². The van der Waals surface area contributed by atoms with E-state index in [1.807, 2.05) is 44.2 Å². The summed E-state index contributed by atoms with van der Waals surface area (Å²) in [7, 11) is -1.98. The molecule has 0 heterocycles. The Bertz CT molecular complexity index is 1020. The van der Waals surface area contributed by atoms with Gasteiger partial charge in [-0.15, -0.1) is 0 Å². The molecule has 3 rings (SSSR count). The molecular weight excluding hydrogens is 438 g/mol. The lowest BCUT2D eigenvalue weighted by atomic mass is 9.68. The van der Waals surface area contributed by atoms with Crippen LogP contribution in [0.3, 0.4) is 0 Å². The summed E-state index contributed by atoms with van der Waals surface area (Å²) in [4.78, 5) is 12.9. The highest BCUT2D eigenvalue weighted by molar-refractivity contribution is 7.87. The average molecular weight is 474 g/mol. The number of nitrogens with one attached hydrogen (secondary N) is 3. The van der Waals surface area contributed by atoms with Crippen molar-refractivity contribution < 1.29 is 17.9 Å². The highest BCUT2D eigenvalue weighted by Crippen LogP contribution is 2.39. The highest BCUT2D eigenvalue weighted by Gasteiger charge is 2.38. The van der Waals surface area contributed by atoms with Crippen molar-refractivity contribution in [2.24, 2.45) is 5.92 Å². The molecule has 0 bridgehead atoms. The zero-order valence-electron chi connectivity index (χ0n) is 19.6. The van der Waals surface area contributed by atoms with Gasteiger partial charge in [-0.25, -0.2) is 4.72 Å². The van der Waals surface area contributed by atoms with Gasteiger partial charge in [-0.3, -0.25) is 4.79 Å². The minimum Gasteiger partial charge on any atom is -0.496 e. The van der Waals surface area contributed by atoms with Crippen molar-refractivity contribution in [2.75, 3.05) is 20.2 Å². The summed E-state index contributed by atoms with van der Waals surface area (Å²) in [5.41, 5.74) is 1.40. The summed E-state index contributed by atoms with van der Waals surface area (Å²) in [6, 6.07) is 17.2. The van der Waals surface area contributed by atoms with Crippen LogP contribution in [-0.4, -0.2) is 40.6 Å². The highest BCUT2D eigenvalue weighted by atomic mass is 32.2. The lowest BCUT2D eigenvalue weighted by molar-refractivity contribution is 0.0932. The van der Waals surface area contributed by atoms with Gasteiger partial charge >= 0.3 is 0 Å². The maximum absolute atomic E-state index is 12.9. The van der Waals surface area contributed by atoms with E-state index >= 15 is 0 Å². The van der Waals surface area contributed by atoms with Gasteiger partial charge in [0.05, 0.1) is 12.7 Å². The summed E-state index contributed by atoms with van der Waals surface area (Å²) in [6.07, 6.45) is 2.92. The van der Waals surface area contributed by atoms with Gasteiger partial charge in [-0.2, -0.15) is 13.1 Å². The van der Waals surface area contributed by atoms with Crippen molar-refractivity contribution in [3.63, 3.8) is 0 Å². The third-order valence-corrected chi connectivity index (χ3v) is 7.46. The fourth-order valence-corrected chi connectivity index (χ4v) is 5.67. The topological polar surface area (TPSA) is 96.5 Å². The van der Waals surface area contributed by atoms with Crippen LogP contribution in [0.25, 0.3) is 0 Å². The van der Waals surface area contributed by atoms with Gasteiger partial charge < -0.3 is 10.1 Å². The minimum atomic E-state index is -3.53. The second-order valence-electron chi connectivity index (χ2n) is 9.17. The molecule has 0 aliphatic heterocycles. The number of amides is 1. The van der Waals surface area contributed by atoms with Crippen molar-refractivity contribution in [3.8, 4) is 5.75 Å². The zero-order valence-corrected chi connectivity index (χ0v) is 20.5. The summed E-state index contributed by atoms with van der Waals surface area (Å²) >= 11 is 0. The molecule has 33 heavy (non-hydrogen) atoms. The summed E-state index contributed by atoms with van der Waals surface area (Å²) in [6.45, 7) is 4.82. The molecule has 0 saturated heterocycles. The lowest BCUT2D eigenvalue weighted by Gasteiger charge is -2.41. The quantitative estimate of drug-likeness (QED) is 0.493.